The molecular weight excluding hydrogens is 294 g/mol. The number of halogens is 6. The zero-order chi connectivity index (χ0) is 15.7. The van der Waals surface area contributed by atoms with Crippen molar-refractivity contribution in [2.45, 2.75) is 12.4 Å². The van der Waals surface area contributed by atoms with Crippen LogP contribution in [-0.4, -0.2) is 20.2 Å². The van der Waals surface area contributed by atoms with Crippen LogP contribution in [0.25, 0.3) is 0 Å². The van der Waals surface area contributed by atoms with Crippen molar-refractivity contribution < 1.29 is 40.6 Å². The van der Waals surface area contributed by atoms with Crippen LogP contribution in [0, 0.1) is 0 Å². The zero-order valence-electron chi connectivity index (χ0n) is 10.1. The molecule has 1 aromatic carbocycles. The Morgan fingerprint density at radius 1 is 1.00 bits per heavy atom. The topological polar surface area (TPSA) is 35.5 Å². The molecule has 0 saturated carbocycles. The normalized spacial score (nSPS) is 12.2. The molecule has 1 rings (SSSR count). The Hall–Kier alpha value is -1.93. The van der Waals surface area contributed by atoms with E-state index in [0.29, 0.717) is 6.07 Å². The summed E-state index contributed by atoms with van der Waals surface area (Å²) >= 11 is 0. The van der Waals surface area contributed by atoms with Crippen molar-refractivity contribution in [2.75, 3.05) is 14.2 Å². The lowest BCUT2D eigenvalue weighted by Crippen LogP contribution is -2.22. The molecule has 0 saturated heterocycles. The van der Waals surface area contributed by atoms with Crippen molar-refractivity contribution in [1.29, 1.82) is 0 Å². The Morgan fingerprint density at radius 2 is 1.55 bits per heavy atom. The Bertz CT molecular complexity index is 518. The summed E-state index contributed by atoms with van der Waals surface area (Å²) in [6.07, 6.45) is -10.7. The van der Waals surface area contributed by atoms with Gasteiger partial charge in [-0.2, -0.15) is 26.3 Å². The number of carbonyl (C=O) groups is 1. The molecule has 3 nitrogen and oxygen atoms in total. The molecule has 112 valence electrons. The standard InChI is InChI=1S/C11H8F6O3/c1-19-6-4-3-5(10(12,13)14)8(11(15,16)17)7(6)9(18)20-2/h3-4H,1-2H3. The summed E-state index contributed by atoms with van der Waals surface area (Å²) in [4.78, 5) is 11.4. The molecule has 20 heavy (non-hydrogen) atoms. The highest BCUT2D eigenvalue weighted by molar-refractivity contribution is 5.95. The minimum atomic E-state index is -5.40. The van der Waals surface area contributed by atoms with Crippen LogP contribution in [0.1, 0.15) is 21.5 Å². The maximum atomic E-state index is 12.9. The fourth-order valence-corrected chi connectivity index (χ4v) is 1.59. The quantitative estimate of drug-likeness (QED) is 0.619. The van der Waals surface area contributed by atoms with E-state index in [1.807, 2.05) is 0 Å². The Morgan fingerprint density at radius 3 is 1.90 bits per heavy atom. The number of rotatable bonds is 2. The summed E-state index contributed by atoms with van der Waals surface area (Å²) in [5.41, 5.74) is -5.42. The lowest BCUT2D eigenvalue weighted by Gasteiger charge is -2.20. The monoisotopic (exact) mass is 302 g/mol. The maximum absolute atomic E-state index is 12.9. The Balaban J connectivity index is 3.81. The number of esters is 1. The van der Waals surface area contributed by atoms with Crippen LogP contribution in [-0.2, 0) is 17.1 Å². The van der Waals surface area contributed by atoms with Gasteiger partial charge in [0.15, 0.2) is 0 Å². The third kappa shape index (κ3) is 2.97. The van der Waals surface area contributed by atoms with Crippen LogP contribution in [0.2, 0.25) is 0 Å². The van der Waals surface area contributed by atoms with Gasteiger partial charge >= 0.3 is 18.3 Å². The van der Waals surface area contributed by atoms with E-state index in [9.17, 15) is 31.1 Å². The van der Waals surface area contributed by atoms with Crippen LogP contribution in [0.3, 0.4) is 0 Å². The highest BCUT2D eigenvalue weighted by Crippen LogP contribution is 2.44. The van der Waals surface area contributed by atoms with Crippen molar-refractivity contribution in [2.24, 2.45) is 0 Å². The van der Waals surface area contributed by atoms with E-state index in [-0.39, 0.29) is 6.07 Å². The van der Waals surface area contributed by atoms with E-state index in [4.69, 9.17) is 0 Å². The van der Waals surface area contributed by atoms with Crippen molar-refractivity contribution in [3.8, 4) is 5.75 Å². The first-order valence-electron chi connectivity index (χ1n) is 4.97. The minimum absolute atomic E-state index is 0.202. The highest BCUT2D eigenvalue weighted by Gasteiger charge is 2.47. The number of ether oxygens (including phenoxy) is 2. The summed E-state index contributed by atoms with van der Waals surface area (Å²) in [6.45, 7) is 0. The molecule has 0 N–H and O–H groups in total. The van der Waals surface area contributed by atoms with Crippen LogP contribution in [0.4, 0.5) is 26.3 Å². The zero-order valence-corrected chi connectivity index (χ0v) is 10.1. The summed E-state index contributed by atoms with van der Waals surface area (Å²) in [7, 11) is 1.68. The van der Waals surface area contributed by atoms with Gasteiger partial charge in [-0.25, -0.2) is 4.79 Å². The second-order valence-electron chi connectivity index (χ2n) is 3.55. The maximum Gasteiger partial charge on any atom is 0.417 e. The molecular formula is C11H8F6O3. The summed E-state index contributed by atoms with van der Waals surface area (Å²) in [6, 6.07) is 0.832. The van der Waals surface area contributed by atoms with E-state index >= 15 is 0 Å². The van der Waals surface area contributed by atoms with E-state index in [1.165, 1.54) is 0 Å². The summed E-state index contributed by atoms with van der Waals surface area (Å²) < 4.78 is 85.3. The van der Waals surface area contributed by atoms with Crippen molar-refractivity contribution >= 4 is 5.97 Å². The van der Waals surface area contributed by atoms with E-state index in [2.05, 4.69) is 9.47 Å². The van der Waals surface area contributed by atoms with Gasteiger partial charge in [0, 0.05) is 0 Å². The lowest BCUT2D eigenvalue weighted by atomic mass is 9.98. The number of hydrogen-bond acceptors (Lipinski definition) is 3. The number of alkyl halides is 6. The molecule has 0 aliphatic carbocycles. The van der Waals surface area contributed by atoms with Gasteiger partial charge in [-0.15, -0.1) is 0 Å². The molecule has 0 aliphatic rings. The van der Waals surface area contributed by atoms with Crippen molar-refractivity contribution in [3.63, 3.8) is 0 Å². The predicted octanol–water partition coefficient (Wildman–Crippen LogP) is 3.52. The average Bonchev–Trinajstić information content (AvgIpc) is 2.33. The molecule has 0 aliphatic heterocycles. The van der Waals surface area contributed by atoms with Crippen LogP contribution in [0.5, 0.6) is 5.75 Å². The second kappa shape index (κ2) is 5.22. The van der Waals surface area contributed by atoms with Gasteiger partial charge in [0.05, 0.1) is 25.3 Å². The minimum Gasteiger partial charge on any atom is -0.496 e. The van der Waals surface area contributed by atoms with E-state index in [0.717, 1.165) is 14.2 Å². The van der Waals surface area contributed by atoms with E-state index in [1.54, 1.807) is 0 Å². The number of methoxy groups -OCH3 is 2. The molecule has 0 bridgehead atoms. The first kappa shape index (κ1) is 16.1. The first-order valence-corrected chi connectivity index (χ1v) is 4.97. The number of hydrogen-bond donors (Lipinski definition) is 0. The molecule has 1 aromatic rings. The molecule has 9 heteroatoms. The Kier molecular flexibility index (Phi) is 4.21. The molecule has 0 spiro atoms. The molecule has 0 aromatic heterocycles. The van der Waals surface area contributed by atoms with Gasteiger partial charge in [0.2, 0.25) is 0 Å². The molecule has 0 atom stereocenters. The van der Waals surface area contributed by atoms with Gasteiger partial charge in [0.25, 0.3) is 0 Å². The van der Waals surface area contributed by atoms with Crippen LogP contribution < -0.4 is 4.74 Å². The van der Waals surface area contributed by atoms with Gasteiger partial charge in [0.1, 0.15) is 11.3 Å². The SMILES string of the molecule is COC(=O)c1c(OC)ccc(C(F)(F)F)c1C(F)(F)F. The highest BCUT2D eigenvalue weighted by atomic mass is 19.4. The van der Waals surface area contributed by atoms with Gasteiger partial charge in [-0.05, 0) is 12.1 Å². The first-order chi connectivity index (χ1) is 9.04. The Labute approximate surface area is 109 Å². The molecule has 0 amide bonds. The average molecular weight is 302 g/mol. The fourth-order valence-electron chi connectivity index (χ4n) is 1.59. The fraction of sp³-hybridized carbons (Fsp3) is 0.364. The summed E-state index contributed by atoms with van der Waals surface area (Å²) in [5.74, 6) is -2.22. The van der Waals surface area contributed by atoms with Gasteiger partial charge in [-0.1, -0.05) is 0 Å². The molecule has 0 unspecified atom stereocenters. The summed E-state index contributed by atoms with van der Waals surface area (Å²) in [5, 5.41) is 0. The van der Waals surface area contributed by atoms with Crippen molar-refractivity contribution in [1.82, 2.24) is 0 Å². The molecule has 0 fully saturated rings. The predicted molar refractivity (Wildman–Crippen MR) is 54.3 cm³/mol. The smallest absolute Gasteiger partial charge is 0.417 e. The molecule has 0 radical (unpaired) electrons. The van der Waals surface area contributed by atoms with Crippen molar-refractivity contribution in [3.05, 3.63) is 28.8 Å². The van der Waals surface area contributed by atoms with Crippen LogP contribution >= 0.6 is 0 Å². The molecule has 0 heterocycles. The van der Waals surface area contributed by atoms with Gasteiger partial charge in [-0.3, -0.25) is 0 Å². The third-order valence-electron chi connectivity index (χ3n) is 2.37. The largest absolute Gasteiger partial charge is 0.496 e. The lowest BCUT2D eigenvalue weighted by molar-refractivity contribution is -0.162. The number of carbonyl (C=O) groups excluding carboxylic acids is 1. The third-order valence-corrected chi connectivity index (χ3v) is 2.37. The van der Waals surface area contributed by atoms with Gasteiger partial charge < -0.3 is 9.47 Å². The van der Waals surface area contributed by atoms with E-state index < -0.39 is 40.8 Å². The van der Waals surface area contributed by atoms with Crippen LogP contribution in [0.15, 0.2) is 12.1 Å². The number of benzene rings is 1. The second-order valence-corrected chi connectivity index (χ2v) is 3.55.